The van der Waals surface area contributed by atoms with Gasteiger partial charge < -0.3 is 5.11 Å². The van der Waals surface area contributed by atoms with Crippen LogP contribution >= 0.6 is 0 Å². The summed E-state index contributed by atoms with van der Waals surface area (Å²) in [6.07, 6.45) is 6.38. The summed E-state index contributed by atoms with van der Waals surface area (Å²) in [4.78, 5) is 5.68. The van der Waals surface area contributed by atoms with Gasteiger partial charge in [0, 0.05) is 18.9 Å². The lowest BCUT2D eigenvalue weighted by molar-refractivity contribution is -0.700. The van der Waals surface area contributed by atoms with Crippen molar-refractivity contribution in [2.24, 2.45) is 4.99 Å². The molecule has 1 unspecified atom stereocenters. The minimum Gasteiger partial charge on any atom is -0.386 e. The van der Waals surface area contributed by atoms with E-state index in [-0.39, 0.29) is 0 Å². The Labute approximate surface area is 120 Å². The first-order valence-corrected chi connectivity index (χ1v) is 7.10. The van der Waals surface area contributed by atoms with Crippen LogP contribution in [-0.2, 0) is 5.60 Å². The van der Waals surface area contributed by atoms with Gasteiger partial charge in [0.2, 0.25) is 5.84 Å². The van der Waals surface area contributed by atoms with Gasteiger partial charge >= 0.3 is 0 Å². The fourth-order valence-corrected chi connectivity index (χ4v) is 2.78. The number of hydrogen-bond acceptors (Lipinski definition) is 2. The fraction of sp³-hybridized carbons (Fsp3) is 0.353. The second kappa shape index (κ2) is 4.69. The molecule has 2 heterocycles. The van der Waals surface area contributed by atoms with E-state index in [0.717, 1.165) is 24.2 Å². The number of aliphatic hydroxyl groups is 1. The largest absolute Gasteiger partial charge is 0.386 e. The molecule has 0 fully saturated rings. The van der Waals surface area contributed by atoms with Crippen LogP contribution in [0.4, 0.5) is 0 Å². The molecule has 0 saturated heterocycles. The van der Waals surface area contributed by atoms with E-state index < -0.39 is 5.60 Å². The van der Waals surface area contributed by atoms with Crippen LogP contribution < -0.4 is 4.90 Å². The van der Waals surface area contributed by atoms with E-state index in [0.29, 0.717) is 0 Å². The van der Waals surface area contributed by atoms with Crippen LogP contribution in [0.2, 0.25) is 0 Å². The third-order valence-corrected chi connectivity index (χ3v) is 4.09. The predicted molar refractivity (Wildman–Crippen MR) is 81.1 cm³/mol. The van der Waals surface area contributed by atoms with Crippen LogP contribution in [0.5, 0.6) is 0 Å². The molecular formula is C17H21N2O+. The molecule has 0 radical (unpaired) electrons. The van der Waals surface area contributed by atoms with Crippen LogP contribution in [0, 0.1) is 0 Å². The van der Waals surface area contributed by atoms with Gasteiger partial charge in [0.1, 0.15) is 11.9 Å². The highest BCUT2D eigenvalue weighted by molar-refractivity contribution is 5.77. The van der Waals surface area contributed by atoms with Crippen LogP contribution in [-0.4, -0.2) is 10.9 Å². The van der Waals surface area contributed by atoms with Gasteiger partial charge in [0.15, 0.2) is 0 Å². The highest BCUT2D eigenvalue weighted by atomic mass is 16.3. The Balaban J connectivity index is 1.89. The number of nitrogens with zero attached hydrogens (tertiary/aromatic N) is 1. The molecule has 0 saturated carbocycles. The molecule has 0 amide bonds. The van der Waals surface area contributed by atoms with Gasteiger partial charge in [-0.3, -0.25) is 0 Å². The summed E-state index contributed by atoms with van der Waals surface area (Å²) in [5.74, 6) is 1.12. The maximum Gasteiger partial charge on any atom is 0.207 e. The summed E-state index contributed by atoms with van der Waals surface area (Å²) in [5.41, 5.74) is 4.13. The Morgan fingerprint density at radius 2 is 1.85 bits per heavy atom. The second-order valence-corrected chi connectivity index (χ2v) is 6.09. The van der Waals surface area contributed by atoms with Crippen molar-refractivity contribution < 1.29 is 10.0 Å². The van der Waals surface area contributed by atoms with Crippen molar-refractivity contribution in [2.45, 2.75) is 39.2 Å². The number of fused-ring (bicyclic) bond motifs is 1. The first kappa shape index (κ1) is 13.3. The molecule has 0 bridgehead atoms. The summed E-state index contributed by atoms with van der Waals surface area (Å²) < 4.78 is 0. The molecule has 2 aliphatic rings. The lowest BCUT2D eigenvalue weighted by Gasteiger charge is -2.21. The van der Waals surface area contributed by atoms with E-state index >= 15 is 0 Å². The van der Waals surface area contributed by atoms with Crippen LogP contribution in [0.15, 0.2) is 47.4 Å². The van der Waals surface area contributed by atoms with E-state index in [1.807, 2.05) is 32.2 Å². The number of amidine groups is 1. The third kappa shape index (κ3) is 2.35. The quantitative estimate of drug-likeness (QED) is 0.848. The number of nitrogens with one attached hydrogen (secondary N) is 1. The van der Waals surface area contributed by atoms with E-state index in [4.69, 9.17) is 0 Å². The topological polar surface area (TPSA) is 37.0 Å². The van der Waals surface area contributed by atoms with Crippen molar-refractivity contribution in [2.75, 3.05) is 0 Å². The van der Waals surface area contributed by atoms with E-state index in [9.17, 15) is 5.11 Å². The molecule has 0 aromatic heterocycles. The van der Waals surface area contributed by atoms with Gasteiger partial charge in [-0.25, -0.2) is 9.89 Å². The van der Waals surface area contributed by atoms with Gasteiger partial charge in [-0.2, -0.15) is 0 Å². The van der Waals surface area contributed by atoms with Gasteiger partial charge in [0.25, 0.3) is 0 Å². The van der Waals surface area contributed by atoms with Crippen molar-refractivity contribution in [3.63, 3.8) is 0 Å². The standard InChI is InChI=1S/C17H20N2O/c1-12-18-10-16-9-6-14(11-19(12)16)13-4-7-15(8-5-13)17(2,3)20/h4-5,7-8,10-11,20H,6,9H2,1-3H3/p+1. The number of quaternary nitrogens is 1. The summed E-state index contributed by atoms with van der Waals surface area (Å²) in [5, 5.41) is 10.0. The first-order chi connectivity index (χ1) is 9.45. The fourth-order valence-electron chi connectivity index (χ4n) is 2.78. The summed E-state index contributed by atoms with van der Waals surface area (Å²) in [6, 6.07) is 8.25. The SMILES string of the molecule is CC1=NC=C2CCC(c3ccc(C(C)(C)O)cc3)=C[NH+]21. The average Bonchev–Trinajstić information content (AvgIpc) is 2.79. The Kier molecular flexibility index (Phi) is 3.11. The number of hydrogen-bond donors (Lipinski definition) is 2. The van der Waals surface area contributed by atoms with Crippen molar-refractivity contribution in [1.29, 1.82) is 0 Å². The van der Waals surface area contributed by atoms with Crippen molar-refractivity contribution in [3.8, 4) is 0 Å². The van der Waals surface area contributed by atoms with Crippen molar-refractivity contribution in [3.05, 3.63) is 53.5 Å². The monoisotopic (exact) mass is 269 g/mol. The molecule has 1 aromatic rings. The molecule has 0 spiro atoms. The van der Waals surface area contributed by atoms with Crippen LogP contribution in [0.25, 0.3) is 5.57 Å². The molecule has 1 atom stereocenters. The van der Waals surface area contributed by atoms with Crippen molar-refractivity contribution >= 4 is 11.4 Å². The molecule has 1 aromatic carbocycles. The predicted octanol–water partition coefficient (Wildman–Crippen LogP) is 2.21. The van der Waals surface area contributed by atoms with E-state index in [1.54, 1.807) is 0 Å². The lowest BCUT2D eigenvalue weighted by atomic mass is 9.93. The smallest absolute Gasteiger partial charge is 0.207 e. The number of allylic oxidation sites excluding steroid dienone is 2. The Morgan fingerprint density at radius 1 is 1.15 bits per heavy atom. The van der Waals surface area contributed by atoms with Gasteiger partial charge in [-0.1, -0.05) is 24.3 Å². The van der Waals surface area contributed by atoms with Gasteiger partial charge in [0.05, 0.1) is 11.8 Å². The summed E-state index contributed by atoms with van der Waals surface area (Å²) in [7, 11) is 0. The van der Waals surface area contributed by atoms with Crippen molar-refractivity contribution in [1.82, 2.24) is 0 Å². The molecule has 2 aliphatic heterocycles. The molecule has 3 rings (SSSR count). The third-order valence-electron chi connectivity index (χ3n) is 4.09. The first-order valence-electron chi connectivity index (χ1n) is 7.10. The normalized spacial score (nSPS) is 22.0. The van der Waals surface area contributed by atoms with E-state index in [1.165, 1.54) is 21.7 Å². The molecule has 3 heteroatoms. The summed E-state index contributed by atoms with van der Waals surface area (Å²) >= 11 is 0. The lowest BCUT2D eigenvalue weighted by Crippen LogP contribution is -3.07. The Hall–Kier alpha value is -1.71. The van der Waals surface area contributed by atoms with Gasteiger partial charge in [-0.15, -0.1) is 0 Å². The zero-order valence-corrected chi connectivity index (χ0v) is 12.3. The molecular weight excluding hydrogens is 248 g/mol. The van der Waals surface area contributed by atoms with Gasteiger partial charge in [-0.05, 0) is 31.4 Å². The highest BCUT2D eigenvalue weighted by Gasteiger charge is 2.27. The Bertz CT molecular complexity index is 615. The molecule has 2 N–H and O–H groups in total. The number of aliphatic imine (C=N–C) groups is 1. The van der Waals surface area contributed by atoms with Crippen LogP contribution in [0.1, 0.15) is 44.7 Å². The second-order valence-electron chi connectivity index (χ2n) is 6.09. The Morgan fingerprint density at radius 3 is 2.50 bits per heavy atom. The maximum absolute atomic E-state index is 10.0. The minimum atomic E-state index is -0.779. The molecule has 0 aliphatic carbocycles. The van der Waals surface area contributed by atoms with Crippen LogP contribution in [0.3, 0.4) is 0 Å². The molecule has 104 valence electrons. The molecule has 3 nitrogen and oxygen atoms in total. The maximum atomic E-state index is 10.0. The molecule has 20 heavy (non-hydrogen) atoms. The number of benzene rings is 1. The zero-order valence-electron chi connectivity index (χ0n) is 12.3. The minimum absolute atomic E-state index is 0.779. The zero-order chi connectivity index (χ0) is 14.3. The summed E-state index contributed by atoms with van der Waals surface area (Å²) in [6.45, 7) is 5.69. The van der Waals surface area contributed by atoms with E-state index in [2.05, 4.69) is 30.2 Å². The average molecular weight is 269 g/mol. The highest BCUT2D eigenvalue weighted by Crippen LogP contribution is 2.26. The number of rotatable bonds is 2.